The summed E-state index contributed by atoms with van der Waals surface area (Å²) >= 11 is 0. The third-order valence-corrected chi connectivity index (χ3v) is 6.89. The standard InChI is InChI=1S/C21H21NO6S/c1-3-27-21(24)17-12(2)28-20-15-7-5-4-6-14(15)19(23)16(18(17)20)10-22-13-8-9-29(25,26)11-13/h4-7,10,13,23H,3,8-9,11H2,1-2H3/t13-/m1/s1. The number of aromatic hydroxyl groups is 1. The lowest BCUT2D eigenvalue weighted by Crippen LogP contribution is -2.08. The SMILES string of the molecule is CCOC(=O)c1c(C)oc2c1c(C=N[C@@H]1CCS(=O)(=O)C1)c(O)c1ccccc12. The number of phenolic OH excluding ortho intramolecular Hbond substituents is 1. The molecule has 0 unspecified atom stereocenters. The number of esters is 1. The zero-order valence-electron chi connectivity index (χ0n) is 16.1. The Balaban J connectivity index is 1.97. The minimum absolute atomic E-state index is 0.0177. The van der Waals surface area contributed by atoms with E-state index in [-0.39, 0.29) is 35.5 Å². The molecule has 2 heterocycles. The number of hydrogen-bond acceptors (Lipinski definition) is 7. The maximum Gasteiger partial charge on any atom is 0.342 e. The highest BCUT2D eigenvalue weighted by Gasteiger charge is 2.29. The largest absolute Gasteiger partial charge is 0.507 e. The molecule has 152 valence electrons. The Labute approximate surface area is 167 Å². The summed E-state index contributed by atoms with van der Waals surface area (Å²) in [5.74, 6) is -0.115. The van der Waals surface area contributed by atoms with Crippen LogP contribution in [0.4, 0.5) is 0 Å². The Morgan fingerprint density at radius 2 is 2.07 bits per heavy atom. The molecule has 0 bridgehead atoms. The highest BCUT2D eigenvalue weighted by Crippen LogP contribution is 2.40. The van der Waals surface area contributed by atoms with Crippen molar-refractivity contribution >= 4 is 43.8 Å². The molecule has 0 amide bonds. The number of fused-ring (bicyclic) bond motifs is 3. The van der Waals surface area contributed by atoms with Gasteiger partial charge in [-0.25, -0.2) is 13.2 Å². The summed E-state index contributed by atoms with van der Waals surface area (Å²) in [6.07, 6.45) is 1.89. The van der Waals surface area contributed by atoms with Gasteiger partial charge in [0.1, 0.15) is 22.7 Å². The van der Waals surface area contributed by atoms with Gasteiger partial charge in [-0.2, -0.15) is 0 Å². The lowest BCUT2D eigenvalue weighted by molar-refractivity contribution is 0.0526. The van der Waals surface area contributed by atoms with Crippen molar-refractivity contribution in [2.24, 2.45) is 4.99 Å². The third-order valence-electron chi connectivity index (χ3n) is 5.14. The van der Waals surface area contributed by atoms with Gasteiger partial charge in [0.05, 0.1) is 24.2 Å². The Morgan fingerprint density at radius 1 is 1.34 bits per heavy atom. The van der Waals surface area contributed by atoms with Crippen molar-refractivity contribution in [1.82, 2.24) is 0 Å². The van der Waals surface area contributed by atoms with Crippen LogP contribution in [-0.4, -0.2) is 49.9 Å². The van der Waals surface area contributed by atoms with Crippen LogP contribution in [0, 0.1) is 6.92 Å². The number of sulfone groups is 1. The van der Waals surface area contributed by atoms with Crippen molar-refractivity contribution in [1.29, 1.82) is 0 Å². The smallest absolute Gasteiger partial charge is 0.342 e. The van der Waals surface area contributed by atoms with Crippen molar-refractivity contribution in [2.75, 3.05) is 18.1 Å². The quantitative estimate of drug-likeness (QED) is 0.517. The Morgan fingerprint density at radius 3 is 2.72 bits per heavy atom. The van der Waals surface area contributed by atoms with Gasteiger partial charge in [0.25, 0.3) is 0 Å². The van der Waals surface area contributed by atoms with Crippen molar-refractivity contribution in [3.63, 3.8) is 0 Å². The number of hydrogen-bond donors (Lipinski definition) is 1. The molecule has 1 saturated heterocycles. The van der Waals surface area contributed by atoms with E-state index in [0.717, 1.165) is 0 Å². The minimum atomic E-state index is -3.08. The number of rotatable bonds is 4. The Hall–Kier alpha value is -2.87. The molecular weight excluding hydrogens is 394 g/mol. The summed E-state index contributed by atoms with van der Waals surface area (Å²) in [7, 11) is -3.08. The first-order valence-corrected chi connectivity index (χ1v) is 11.2. The number of carbonyl (C=O) groups is 1. The summed E-state index contributed by atoms with van der Waals surface area (Å²) in [6.45, 7) is 3.59. The van der Waals surface area contributed by atoms with E-state index in [1.165, 1.54) is 6.21 Å². The number of ether oxygens (including phenoxy) is 1. The van der Waals surface area contributed by atoms with Crippen LogP contribution in [0.5, 0.6) is 5.75 Å². The molecule has 1 fully saturated rings. The second kappa shape index (κ2) is 7.18. The van der Waals surface area contributed by atoms with Gasteiger partial charge in [-0.15, -0.1) is 0 Å². The molecule has 29 heavy (non-hydrogen) atoms. The maximum atomic E-state index is 12.6. The summed E-state index contributed by atoms with van der Waals surface area (Å²) < 4.78 is 34.5. The molecule has 0 saturated carbocycles. The summed E-state index contributed by atoms with van der Waals surface area (Å²) in [4.78, 5) is 17.0. The van der Waals surface area contributed by atoms with Gasteiger partial charge in [0.15, 0.2) is 9.84 Å². The first-order valence-electron chi connectivity index (χ1n) is 9.40. The van der Waals surface area contributed by atoms with E-state index >= 15 is 0 Å². The lowest BCUT2D eigenvalue weighted by atomic mass is 9.98. The van der Waals surface area contributed by atoms with E-state index in [4.69, 9.17) is 9.15 Å². The van der Waals surface area contributed by atoms with Gasteiger partial charge >= 0.3 is 5.97 Å². The van der Waals surface area contributed by atoms with Gasteiger partial charge in [0, 0.05) is 27.9 Å². The third kappa shape index (κ3) is 3.37. The number of aryl methyl sites for hydroxylation is 1. The van der Waals surface area contributed by atoms with Gasteiger partial charge in [-0.1, -0.05) is 24.3 Å². The van der Waals surface area contributed by atoms with E-state index in [0.29, 0.717) is 39.5 Å². The minimum Gasteiger partial charge on any atom is -0.507 e. The van der Waals surface area contributed by atoms with E-state index in [2.05, 4.69) is 4.99 Å². The van der Waals surface area contributed by atoms with E-state index in [9.17, 15) is 18.3 Å². The van der Waals surface area contributed by atoms with Gasteiger partial charge in [-0.05, 0) is 20.3 Å². The first kappa shape index (κ1) is 19.4. The molecule has 0 radical (unpaired) electrons. The van der Waals surface area contributed by atoms with Crippen LogP contribution in [0.2, 0.25) is 0 Å². The molecule has 0 aliphatic carbocycles. The molecule has 4 rings (SSSR count). The van der Waals surface area contributed by atoms with Gasteiger partial charge in [-0.3, -0.25) is 4.99 Å². The Bertz CT molecular complexity index is 1260. The number of nitrogens with zero attached hydrogens (tertiary/aromatic N) is 1. The fourth-order valence-corrected chi connectivity index (χ4v) is 5.43. The molecule has 7 nitrogen and oxygen atoms in total. The second-order valence-corrected chi connectivity index (χ2v) is 9.33. The average molecular weight is 415 g/mol. The van der Waals surface area contributed by atoms with Crippen molar-refractivity contribution in [3.05, 3.63) is 41.2 Å². The predicted molar refractivity (Wildman–Crippen MR) is 111 cm³/mol. The summed E-state index contributed by atoms with van der Waals surface area (Å²) in [5.41, 5.74) is 1.02. The molecule has 2 aromatic carbocycles. The molecule has 1 aromatic heterocycles. The highest BCUT2D eigenvalue weighted by atomic mass is 32.2. The average Bonchev–Trinajstić information content (AvgIpc) is 3.21. The molecule has 1 N–H and O–H groups in total. The fraction of sp³-hybridized carbons (Fsp3) is 0.333. The van der Waals surface area contributed by atoms with Gasteiger partial charge in [0.2, 0.25) is 0 Å². The van der Waals surface area contributed by atoms with Crippen molar-refractivity contribution < 1.29 is 27.5 Å². The lowest BCUT2D eigenvalue weighted by Gasteiger charge is -2.09. The van der Waals surface area contributed by atoms with Crippen LogP contribution in [-0.2, 0) is 14.6 Å². The number of phenols is 1. The van der Waals surface area contributed by atoms with Crippen molar-refractivity contribution in [2.45, 2.75) is 26.3 Å². The molecule has 8 heteroatoms. The van der Waals surface area contributed by atoms with Crippen LogP contribution < -0.4 is 0 Å². The van der Waals surface area contributed by atoms with E-state index < -0.39 is 15.8 Å². The number of benzene rings is 2. The van der Waals surface area contributed by atoms with Crippen molar-refractivity contribution in [3.8, 4) is 5.75 Å². The molecule has 3 aromatic rings. The predicted octanol–water partition coefficient (Wildman–Crippen LogP) is 3.38. The number of furan rings is 1. The highest BCUT2D eigenvalue weighted by molar-refractivity contribution is 7.91. The summed E-state index contributed by atoms with van der Waals surface area (Å²) in [6, 6.07) is 6.80. The summed E-state index contributed by atoms with van der Waals surface area (Å²) in [5, 5.41) is 12.6. The molecule has 1 atom stereocenters. The zero-order chi connectivity index (χ0) is 20.8. The fourth-order valence-electron chi connectivity index (χ4n) is 3.79. The van der Waals surface area contributed by atoms with Crippen LogP contribution in [0.15, 0.2) is 33.7 Å². The van der Waals surface area contributed by atoms with Crippen LogP contribution in [0.25, 0.3) is 21.7 Å². The molecule has 0 spiro atoms. The second-order valence-electron chi connectivity index (χ2n) is 7.10. The van der Waals surface area contributed by atoms with E-state index in [1.807, 2.05) is 6.07 Å². The molecule has 1 aliphatic heterocycles. The van der Waals surface area contributed by atoms with E-state index in [1.54, 1.807) is 32.0 Å². The van der Waals surface area contributed by atoms with Gasteiger partial charge < -0.3 is 14.3 Å². The first-order chi connectivity index (χ1) is 13.8. The van der Waals surface area contributed by atoms with Crippen LogP contribution in [0.1, 0.15) is 35.0 Å². The Kier molecular flexibility index (Phi) is 4.82. The monoisotopic (exact) mass is 415 g/mol. The number of carbonyl (C=O) groups excluding carboxylic acids is 1. The molecule has 1 aliphatic rings. The van der Waals surface area contributed by atoms with Crippen LogP contribution in [0.3, 0.4) is 0 Å². The topological polar surface area (TPSA) is 106 Å². The maximum absolute atomic E-state index is 12.6. The molecular formula is C21H21NO6S. The zero-order valence-corrected chi connectivity index (χ0v) is 17.0. The number of aliphatic imine (C=N–C) groups is 1. The normalized spacial score (nSPS) is 18.8. The van der Waals surface area contributed by atoms with Crippen LogP contribution >= 0.6 is 0 Å².